The first-order valence-corrected chi connectivity index (χ1v) is 14.8. The largest absolute Gasteiger partial charge is 0.300 e. The number of carbonyl (C=O) groups is 3. The number of rotatable bonds is 14. The molecule has 0 bridgehead atoms. The molecule has 0 radical (unpaired) electrons. The minimum Gasteiger partial charge on any atom is -0.300 e. The Morgan fingerprint density at radius 3 is 2.22 bits per heavy atom. The van der Waals surface area contributed by atoms with Crippen LogP contribution in [0, 0.1) is 30.6 Å². The predicted molar refractivity (Wildman–Crippen MR) is 153 cm³/mol. The molecule has 2 rings (SSSR count). The summed E-state index contributed by atoms with van der Waals surface area (Å²) >= 11 is 0. The van der Waals surface area contributed by atoms with Crippen molar-refractivity contribution in [1.29, 1.82) is 0 Å². The van der Waals surface area contributed by atoms with Crippen LogP contribution >= 0.6 is 0 Å². The Kier molecular flexibility index (Phi) is 15.1. The first-order chi connectivity index (χ1) is 17.1. The minimum atomic E-state index is -0.0714. The fourth-order valence-corrected chi connectivity index (χ4v) is 5.88. The summed E-state index contributed by atoms with van der Waals surface area (Å²) in [5.74, 6) is 1.54. The quantitative estimate of drug-likeness (QED) is 0.241. The van der Waals surface area contributed by atoms with E-state index in [1.54, 1.807) is 0 Å². The van der Waals surface area contributed by atoms with Crippen LogP contribution in [0.15, 0.2) is 12.1 Å². The fourth-order valence-electron chi connectivity index (χ4n) is 5.88. The van der Waals surface area contributed by atoms with Gasteiger partial charge in [-0.25, -0.2) is 0 Å². The SMILES string of the molecule is CCC.CCCC(CC1CC(=O)c2c(C)ccc(CCCC(C)CC)c2C1)C(CC)C(=O)CC(C)=O. The number of ketones is 3. The second kappa shape index (κ2) is 16.9. The Labute approximate surface area is 222 Å². The Balaban J connectivity index is 0.00000205. The van der Waals surface area contributed by atoms with Crippen LogP contribution in [0.2, 0.25) is 0 Å². The molecule has 1 aromatic carbocycles. The van der Waals surface area contributed by atoms with Gasteiger partial charge < -0.3 is 0 Å². The molecule has 0 aliphatic heterocycles. The molecular weight excluding hydrogens is 444 g/mol. The topological polar surface area (TPSA) is 51.2 Å². The van der Waals surface area contributed by atoms with Crippen molar-refractivity contribution in [2.75, 3.05) is 0 Å². The zero-order valence-electron chi connectivity index (χ0n) is 24.7. The minimum absolute atomic E-state index is 0.0463. The summed E-state index contributed by atoms with van der Waals surface area (Å²) in [6.45, 7) is 16.6. The van der Waals surface area contributed by atoms with E-state index in [0.717, 1.165) is 55.6 Å². The molecule has 3 heteroatoms. The molecule has 36 heavy (non-hydrogen) atoms. The zero-order chi connectivity index (χ0) is 27.3. The number of benzene rings is 1. The lowest BCUT2D eigenvalue weighted by Gasteiger charge is -2.32. The lowest BCUT2D eigenvalue weighted by Crippen LogP contribution is -2.30. The van der Waals surface area contributed by atoms with Crippen LogP contribution in [0.5, 0.6) is 0 Å². The summed E-state index contributed by atoms with van der Waals surface area (Å²) in [6, 6.07) is 4.37. The van der Waals surface area contributed by atoms with Crippen molar-refractivity contribution in [2.24, 2.45) is 23.7 Å². The van der Waals surface area contributed by atoms with E-state index in [1.807, 2.05) is 0 Å². The maximum Gasteiger partial charge on any atom is 0.163 e. The van der Waals surface area contributed by atoms with Crippen molar-refractivity contribution >= 4 is 17.3 Å². The summed E-state index contributed by atoms with van der Waals surface area (Å²) < 4.78 is 0. The lowest BCUT2D eigenvalue weighted by molar-refractivity contribution is -0.129. The Bertz CT molecular complexity index is 838. The highest BCUT2D eigenvalue weighted by Gasteiger charge is 2.33. The first-order valence-electron chi connectivity index (χ1n) is 14.8. The third-order valence-corrected chi connectivity index (χ3v) is 7.85. The number of Topliss-reactive ketones (excluding diaryl/α,β-unsaturated/α-hetero) is 3. The van der Waals surface area contributed by atoms with Crippen LogP contribution in [0.4, 0.5) is 0 Å². The van der Waals surface area contributed by atoms with Crippen LogP contribution in [0.25, 0.3) is 0 Å². The summed E-state index contributed by atoms with van der Waals surface area (Å²) in [7, 11) is 0. The van der Waals surface area contributed by atoms with Gasteiger partial charge in [0.15, 0.2) is 5.78 Å². The summed E-state index contributed by atoms with van der Waals surface area (Å²) in [6.07, 6.45) is 11.2. The molecule has 4 unspecified atom stereocenters. The molecule has 3 nitrogen and oxygen atoms in total. The Hall–Kier alpha value is -1.77. The van der Waals surface area contributed by atoms with E-state index in [9.17, 15) is 14.4 Å². The van der Waals surface area contributed by atoms with Gasteiger partial charge in [0.25, 0.3) is 0 Å². The molecule has 1 aliphatic rings. The van der Waals surface area contributed by atoms with Crippen molar-refractivity contribution in [3.05, 3.63) is 34.4 Å². The van der Waals surface area contributed by atoms with Gasteiger partial charge in [-0.15, -0.1) is 0 Å². The molecule has 0 N–H and O–H groups in total. The van der Waals surface area contributed by atoms with Gasteiger partial charge in [-0.05, 0) is 80.4 Å². The van der Waals surface area contributed by atoms with Crippen molar-refractivity contribution < 1.29 is 14.4 Å². The highest BCUT2D eigenvalue weighted by molar-refractivity contribution is 6.00. The van der Waals surface area contributed by atoms with Crippen LogP contribution in [-0.2, 0) is 22.4 Å². The van der Waals surface area contributed by atoms with E-state index in [1.165, 1.54) is 43.7 Å². The highest BCUT2D eigenvalue weighted by atomic mass is 16.1. The number of hydrogen-bond acceptors (Lipinski definition) is 3. The average molecular weight is 499 g/mol. The maximum atomic E-state index is 13.2. The monoisotopic (exact) mass is 498 g/mol. The van der Waals surface area contributed by atoms with Gasteiger partial charge in [-0.1, -0.05) is 85.8 Å². The molecule has 0 spiro atoms. The number of fused-ring (bicyclic) bond motifs is 1. The molecular formula is C33H54O3. The number of hydrogen-bond donors (Lipinski definition) is 0. The van der Waals surface area contributed by atoms with Gasteiger partial charge >= 0.3 is 0 Å². The van der Waals surface area contributed by atoms with Gasteiger partial charge in [0.05, 0.1) is 6.42 Å². The van der Waals surface area contributed by atoms with E-state index < -0.39 is 0 Å². The number of carbonyl (C=O) groups excluding carboxylic acids is 3. The predicted octanol–water partition coefficient (Wildman–Crippen LogP) is 8.91. The third-order valence-electron chi connectivity index (χ3n) is 7.85. The maximum absolute atomic E-state index is 13.2. The molecule has 1 aromatic rings. The van der Waals surface area contributed by atoms with Gasteiger partial charge in [0, 0.05) is 17.9 Å². The number of aryl methyl sites for hydroxylation is 2. The van der Waals surface area contributed by atoms with Crippen LogP contribution < -0.4 is 0 Å². The smallest absolute Gasteiger partial charge is 0.163 e. The van der Waals surface area contributed by atoms with Crippen molar-refractivity contribution in [2.45, 2.75) is 132 Å². The molecule has 204 valence electrons. The van der Waals surface area contributed by atoms with Crippen molar-refractivity contribution in [3.8, 4) is 0 Å². The molecule has 0 saturated heterocycles. The molecule has 0 saturated carbocycles. The van der Waals surface area contributed by atoms with Crippen LogP contribution in [0.1, 0.15) is 140 Å². The summed E-state index contributed by atoms with van der Waals surface area (Å²) in [5, 5.41) is 0. The lowest BCUT2D eigenvalue weighted by atomic mass is 9.71. The van der Waals surface area contributed by atoms with Crippen molar-refractivity contribution in [1.82, 2.24) is 0 Å². The average Bonchev–Trinajstić information content (AvgIpc) is 2.80. The van der Waals surface area contributed by atoms with E-state index in [4.69, 9.17) is 0 Å². The third kappa shape index (κ3) is 9.94. The fraction of sp³-hybridized carbons (Fsp3) is 0.727. The van der Waals surface area contributed by atoms with E-state index >= 15 is 0 Å². The van der Waals surface area contributed by atoms with Crippen LogP contribution in [-0.4, -0.2) is 17.3 Å². The normalized spacial score (nSPS) is 17.4. The standard InChI is InChI=1S/C30H46O3.C3H8/c1-7-11-25(26(9-3)28(32)16-22(6)31)17-23-18-27-24(13-10-12-20(4)8-2)15-14-21(5)30(27)29(33)19-23;1-3-2/h14-15,20,23,25-26H,7-13,16-19H2,1-6H3;3H2,1-2H3. The van der Waals surface area contributed by atoms with E-state index in [0.29, 0.717) is 6.42 Å². The van der Waals surface area contributed by atoms with Crippen molar-refractivity contribution in [3.63, 3.8) is 0 Å². The van der Waals surface area contributed by atoms with Gasteiger partial charge in [-0.2, -0.15) is 0 Å². The molecule has 1 aliphatic carbocycles. The van der Waals surface area contributed by atoms with Gasteiger partial charge in [-0.3, -0.25) is 14.4 Å². The first kappa shape index (κ1) is 32.3. The highest BCUT2D eigenvalue weighted by Crippen LogP contribution is 2.38. The Morgan fingerprint density at radius 1 is 1.00 bits per heavy atom. The summed E-state index contributed by atoms with van der Waals surface area (Å²) in [5.41, 5.74) is 4.70. The Morgan fingerprint density at radius 2 is 1.67 bits per heavy atom. The molecule has 0 aromatic heterocycles. The van der Waals surface area contributed by atoms with Gasteiger partial charge in [0.2, 0.25) is 0 Å². The molecule has 4 atom stereocenters. The molecule has 0 heterocycles. The van der Waals surface area contributed by atoms with E-state index in [2.05, 4.69) is 60.6 Å². The van der Waals surface area contributed by atoms with Gasteiger partial charge in [0.1, 0.15) is 11.6 Å². The summed E-state index contributed by atoms with van der Waals surface area (Å²) in [4.78, 5) is 37.6. The second-order valence-corrected chi connectivity index (χ2v) is 11.3. The molecule has 0 fully saturated rings. The zero-order valence-corrected chi connectivity index (χ0v) is 24.7. The van der Waals surface area contributed by atoms with E-state index in [-0.39, 0.29) is 41.5 Å². The second-order valence-electron chi connectivity index (χ2n) is 11.3. The molecule has 0 amide bonds. The van der Waals surface area contributed by atoms with Crippen LogP contribution in [0.3, 0.4) is 0 Å².